The Balaban J connectivity index is 1.56. The van der Waals surface area contributed by atoms with E-state index in [1.165, 1.54) is 23.5 Å². The Morgan fingerprint density at radius 3 is 2.26 bits per heavy atom. The number of hydrogen-bond acceptors (Lipinski definition) is 4. The Hall–Kier alpha value is -3.65. The summed E-state index contributed by atoms with van der Waals surface area (Å²) in [6, 6.07) is 18.3. The monoisotopic (exact) mass is 491 g/mol. The molecule has 1 heterocycles. The van der Waals surface area contributed by atoms with Crippen molar-refractivity contribution in [1.82, 2.24) is 4.90 Å². The van der Waals surface area contributed by atoms with Crippen LogP contribution in [0.5, 0.6) is 0 Å². The maximum Gasteiger partial charge on any atom is 0.264 e. The molecule has 3 aromatic carbocycles. The topological polar surface area (TPSA) is 86.8 Å². The molecular formula is C27H29N3O4S. The third-order valence-electron chi connectivity index (χ3n) is 6.36. The lowest BCUT2D eigenvalue weighted by atomic mass is 10.0. The van der Waals surface area contributed by atoms with Crippen LogP contribution < -0.4 is 9.62 Å². The van der Waals surface area contributed by atoms with Crippen molar-refractivity contribution in [1.29, 1.82) is 0 Å². The SMILES string of the molecule is Cc1ccc(N(C)S(=O)(=O)c2cccc(C(=O)Nc3cccc(C(=O)N4CCCC4)c3C)c2)cc1. The number of amides is 2. The number of benzene rings is 3. The first-order valence-corrected chi connectivity index (χ1v) is 13.0. The molecule has 4 rings (SSSR count). The molecule has 0 spiro atoms. The molecule has 35 heavy (non-hydrogen) atoms. The van der Waals surface area contributed by atoms with Crippen molar-refractivity contribution in [3.05, 3.63) is 89.0 Å². The van der Waals surface area contributed by atoms with Gasteiger partial charge in [0, 0.05) is 37.0 Å². The van der Waals surface area contributed by atoms with Gasteiger partial charge in [0.2, 0.25) is 0 Å². The maximum atomic E-state index is 13.2. The molecule has 3 aromatic rings. The van der Waals surface area contributed by atoms with E-state index in [-0.39, 0.29) is 16.4 Å². The largest absolute Gasteiger partial charge is 0.339 e. The van der Waals surface area contributed by atoms with Crippen molar-refractivity contribution in [3.8, 4) is 0 Å². The smallest absolute Gasteiger partial charge is 0.264 e. The summed E-state index contributed by atoms with van der Waals surface area (Å²) in [5.41, 5.74) is 3.52. The number of likely N-dealkylation sites (tertiary alicyclic amines) is 1. The number of hydrogen-bond donors (Lipinski definition) is 1. The molecule has 0 saturated carbocycles. The van der Waals surface area contributed by atoms with E-state index in [1.807, 2.05) is 24.0 Å². The van der Waals surface area contributed by atoms with Gasteiger partial charge in [-0.3, -0.25) is 13.9 Å². The summed E-state index contributed by atoms with van der Waals surface area (Å²) in [5, 5.41) is 2.84. The summed E-state index contributed by atoms with van der Waals surface area (Å²) in [6.45, 7) is 5.22. The van der Waals surface area contributed by atoms with Crippen molar-refractivity contribution in [2.24, 2.45) is 0 Å². The predicted octanol–water partition coefficient (Wildman–Crippen LogP) is 4.62. The van der Waals surface area contributed by atoms with E-state index in [1.54, 1.807) is 49.4 Å². The van der Waals surface area contributed by atoms with Crippen molar-refractivity contribution >= 4 is 33.2 Å². The Morgan fingerprint density at radius 1 is 0.914 bits per heavy atom. The number of anilines is 2. The zero-order valence-corrected chi connectivity index (χ0v) is 20.9. The van der Waals surface area contributed by atoms with E-state index in [9.17, 15) is 18.0 Å². The fourth-order valence-electron chi connectivity index (χ4n) is 4.14. The molecule has 1 aliphatic heterocycles. The zero-order chi connectivity index (χ0) is 25.2. The summed E-state index contributed by atoms with van der Waals surface area (Å²) in [4.78, 5) is 27.8. The second kappa shape index (κ2) is 9.92. The summed E-state index contributed by atoms with van der Waals surface area (Å²) >= 11 is 0. The first-order chi connectivity index (χ1) is 16.7. The number of sulfonamides is 1. The molecule has 0 aromatic heterocycles. The molecule has 1 aliphatic rings. The third kappa shape index (κ3) is 5.07. The maximum absolute atomic E-state index is 13.2. The zero-order valence-electron chi connectivity index (χ0n) is 20.1. The standard InChI is InChI=1S/C27H29N3O4S/c1-19-12-14-22(15-13-19)29(3)35(33,34)23-9-6-8-21(18-23)26(31)28-25-11-7-10-24(20(25)2)27(32)30-16-4-5-17-30/h6-15,18H,4-5,16-17H2,1-3H3,(H,28,31). The number of nitrogens with zero attached hydrogens (tertiary/aromatic N) is 2. The van der Waals surface area contributed by atoms with Crippen LogP contribution in [0.1, 0.15) is 44.7 Å². The van der Waals surface area contributed by atoms with Gasteiger partial charge in [-0.2, -0.15) is 0 Å². The normalized spacial score (nSPS) is 13.5. The van der Waals surface area contributed by atoms with Gasteiger partial charge >= 0.3 is 0 Å². The molecular weight excluding hydrogens is 462 g/mol. The molecule has 1 fully saturated rings. The highest BCUT2D eigenvalue weighted by Gasteiger charge is 2.24. The van der Waals surface area contributed by atoms with Crippen LogP contribution in [0.4, 0.5) is 11.4 Å². The molecule has 0 radical (unpaired) electrons. The quantitative estimate of drug-likeness (QED) is 0.545. The number of carbonyl (C=O) groups is 2. The fourth-order valence-corrected chi connectivity index (χ4v) is 5.38. The van der Waals surface area contributed by atoms with Gasteiger partial charge in [-0.05, 0) is 74.7 Å². The molecule has 8 heteroatoms. The fraction of sp³-hybridized carbons (Fsp3) is 0.259. The van der Waals surface area contributed by atoms with Crippen LogP contribution in [-0.2, 0) is 10.0 Å². The van der Waals surface area contributed by atoms with Gasteiger partial charge in [0.15, 0.2) is 0 Å². The summed E-state index contributed by atoms with van der Waals surface area (Å²) in [6.07, 6.45) is 2.00. The van der Waals surface area contributed by atoms with Gasteiger partial charge in [-0.1, -0.05) is 29.8 Å². The van der Waals surface area contributed by atoms with Gasteiger partial charge in [0.05, 0.1) is 10.6 Å². The molecule has 0 unspecified atom stereocenters. The van der Waals surface area contributed by atoms with Crippen molar-refractivity contribution in [2.75, 3.05) is 29.8 Å². The van der Waals surface area contributed by atoms with Gasteiger partial charge < -0.3 is 10.2 Å². The van der Waals surface area contributed by atoms with Crippen LogP contribution >= 0.6 is 0 Å². The molecule has 2 amide bonds. The van der Waals surface area contributed by atoms with Gasteiger partial charge in [0.1, 0.15) is 0 Å². The lowest BCUT2D eigenvalue weighted by Gasteiger charge is -2.20. The van der Waals surface area contributed by atoms with Crippen molar-refractivity contribution in [3.63, 3.8) is 0 Å². The molecule has 0 atom stereocenters. The Kier molecular flexibility index (Phi) is 6.93. The van der Waals surface area contributed by atoms with E-state index < -0.39 is 15.9 Å². The van der Waals surface area contributed by atoms with Crippen LogP contribution in [0.15, 0.2) is 71.6 Å². The van der Waals surface area contributed by atoms with Crippen LogP contribution in [0.3, 0.4) is 0 Å². The molecule has 1 N–H and O–H groups in total. The van der Waals surface area contributed by atoms with E-state index >= 15 is 0 Å². The molecule has 0 bridgehead atoms. The lowest BCUT2D eigenvalue weighted by Crippen LogP contribution is -2.28. The second-order valence-corrected chi connectivity index (χ2v) is 10.7. The molecule has 182 valence electrons. The lowest BCUT2D eigenvalue weighted by molar-refractivity contribution is 0.0791. The van der Waals surface area contributed by atoms with Gasteiger partial charge in [-0.25, -0.2) is 8.42 Å². The number of carbonyl (C=O) groups excluding carboxylic acids is 2. The average molecular weight is 492 g/mol. The van der Waals surface area contributed by atoms with Crippen LogP contribution in [0, 0.1) is 13.8 Å². The highest BCUT2D eigenvalue weighted by molar-refractivity contribution is 7.92. The minimum atomic E-state index is -3.87. The minimum Gasteiger partial charge on any atom is -0.339 e. The molecule has 0 aliphatic carbocycles. The highest BCUT2D eigenvalue weighted by atomic mass is 32.2. The Bertz CT molecular complexity index is 1360. The van der Waals surface area contributed by atoms with Gasteiger partial charge in [-0.15, -0.1) is 0 Å². The highest BCUT2D eigenvalue weighted by Crippen LogP contribution is 2.25. The Morgan fingerprint density at radius 2 is 1.57 bits per heavy atom. The number of rotatable bonds is 6. The molecule has 7 nitrogen and oxygen atoms in total. The number of aryl methyl sites for hydroxylation is 1. The van der Waals surface area contributed by atoms with Gasteiger partial charge in [0.25, 0.3) is 21.8 Å². The van der Waals surface area contributed by atoms with Crippen LogP contribution in [0.2, 0.25) is 0 Å². The Labute approximate surface area is 206 Å². The van der Waals surface area contributed by atoms with E-state index in [0.29, 0.717) is 22.5 Å². The summed E-state index contributed by atoms with van der Waals surface area (Å²) in [5.74, 6) is -0.489. The minimum absolute atomic E-state index is 0.0166. The number of nitrogens with one attached hydrogen (secondary N) is 1. The average Bonchev–Trinajstić information content (AvgIpc) is 3.40. The molecule has 1 saturated heterocycles. The van der Waals surface area contributed by atoms with E-state index in [2.05, 4.69) is 5.32 Å². The van der Waals surface area contributed by atoms with Crippen molar-refractivity contribution < 1.29 is 18.0 Å². The van der Waals surface area contributed by atoms with Crippen LogP contribution in [-0.4, -0.2) is 45.3 Å². The third-order valence-corrected chi connectivity index (χ3v) is 8.14. The summed E-state index contributed by atoms with van der Waals surface area (Å²) in [7, 11) is -2.38. The van der Waals surface area contributed by atoms with Crippen LogP contribution in [0.25, 0.3) is 0 Å². The summed E-state index contributed by atoms with van der Waals surface area (Å²) < 4.78 is 27.6. The first-order valence-electron chi connectivity index (χ1n) is 11.5. The predicted molar refractivity (Wildman–Crippen MR) is 137 cm³/mol. The van der Waals surface area contributed by atoms with Crippen molar-refractivity contribution in [2.45, 2.75) is 31.6 Å². The van der Waals surface area contributed by atoms with E-state index in [0.717, 1.165) is 31.5 Å². The second-order valence-electron chi connectivity index (χ2n) is 8.77. The van der Waals surface area contributed by atoms with E-state index in [4.69, 9.17) is 0 Å². The first kappa shape index (κ1) is 24.5.